The summed E-state index contributed by atoms with van der Waals surface area (Å²) in [7, 11) is 3.42. The third-order valence-corrected chi connectivity index (χ3v) is 4.96. The van der Waals surface area contributed by atoms with Crippen LogP contribution in [0.5, 0.6) is 0 Å². The molecule has 0 spiro atoms. The average Bonchev–Trinajstić information content (AvgIpc) is 2.86. The molecule has 1 N–H and O–H groups in total. The van der Waals surface area contributed by atoms with Crippen LogP contribution in [0, 0.1) is 11.3 Å². The molecule has 0 aromatic heterocycles. The Kier molecular flexibility index (Phi) is 9.11. The minimum absolute atomic E-state index is 0. The van der Waals surface area contributed by atoms with Crippen LogP contribution in [0.4, 0.5) is 0 Å². The van der Waals surface area contributed by atoms with Crippen LogP contribution in [0.3, 0.4) is 0 Å². The number of methoxy groups -OCH3 is 1. The molecule has 0 amide bonds. The molecule has 2 heterocycles. The molecule has 2 aliphatic rings. The zero-order chi connectivity index (χ0) is 18.4. The molecule has 1 aromatic rings. The number of carbonyl (C=O) groups is 2. The van der Waals surface area contributed by atoms with Gasteiger partial charge in [0.05, 0.1) is 17.8 Å². The predicted molar refractivity (Wildman–Crippen MR) is 95.7 cm³/mol. The van der Waals surface area contributed by atoms with Gasteiger partial charge in [-0.1, -0.05) is 18.2 Å². The first-order valence-electron chi connectivity index (χ1n) is 8.13. The van der Waals surface area contributed by atoms with E-state index in [1.807, 2.05) is 13.1 Å². The summed E-state index contributed by atoms with van der Waals surface area (Å²) in [4.78, 5) is 26.7. The van der Waals surface area contributed by atoms with E-state index in [1.165, 1.54) is 7.11 Å². The van der Waals surface area contributed by atoms with Gasteiger partial charge < -0.3 is 9.47 Å². The van der Waals surface area contributed by atoms with Crippen LogP contribution in [0.1, 0.15) is 29.6 Å². The van der Waals surface area contributed by atoms with E-state index in [0.717, 1.165) is 12.8 Å². The standard InChI is InChI=1S/C17H21NO4.CHNS.Co/c1-18-12-8-9-13(18)15(17(20)21-2)14(10-12)22-16(19)11-6-4-3-5-7-11;2-1-3;/h3-7,12-15H,8-10H2,1-2H3;2H;/t12-,13-,14?,15?;;/m1../s1. The van der Waals surface area contributed by atoms with E-state index < -0.39 is 12.0 Å². The minimum Gasteiger partial charge on any atom is -0.469 e. The first-order valence-corrected chi connectivity index (χ1v) is 8.54. The van der Waals surface area contributed by atoms with E-state index in [1.54, 1.807) is 29.4 Å². The van der Waals surface area contributed by atoms with E-state index in [0.29, 0.717) is 18.0 Å². The molecule has 1 aromatic carbocycles. The average molecular weight is 421 g/mol. The van der Waals surface area contributed by atoms with Crippen molar-refractivity contribution in [1.82, 2.24) is 4.90 Å². The van der Waals surface area contributed by atoms with Gasteiger partial charge in [0.1, 0.15) is 12.0 Å². The van der Waals surface area contributed by atoms with Crippen molar-refractivity contribution >= 4 is 29.3 Å². The van der Waals surface area contributed by atoms with Crippen LogP contribution in [0.2, 0.25) is 0 Å². The van der Waals surface area contributed by atoms with E-state index in [-0.39, 0.29) is 34.8 Å². The van der Waals surface area contributed by atoms with Crippen molar-refractivity contribution in [2.75, 3.05) is 14.2 Å². The van der Waals surface area contributed by atoms with E-state index in [2.05, 4.69) is 17.1 Å². The molecule has 4 atom stereocenters. The van der Waals surface area contributed by atoms with Gasteiger partial charge in [-0.3, -0.25) is 9.69 Å². The Hall–Kier alpha value is -1.57. The number of carbonyl (C=O) groups excluding carboxylic acids is 2. The zero-order valence-electron chi connectivity index (χ0n) is 14.6. The number of nitrogens with zero attached hydrogens (tertiary/aromatic N) is 1. The number of fused-ring (bicyclic) bond motifs is 2. The van der Waals surface area contributed by atoms with Crippen LogP contribution < -0.4 is 0 Å². The van der Waals surface area contributed by atoms with Gasteiger partial charge in [-0.05, 0) is 44.2 Å². The quantitative estimate of drug-likeness (QED) is 0.459. The van der Waals surface area contributed by atoms with Crippen molar-refractivity contribution < 1.29 is 35.8 Å². The topological polar surface area (TPSA) is 79.7 Å². The van der Waals surface area contributed by atoms with Gasteiger partial charge >= 0.3 is 11.9 Å². The summed E-state index contributed by atoms with van der Waals surface area (Å²) in [6, 6.07) is 9.36. The maximum absolute atomic E-state index is 12.3. The molecular formula is C18H22CoN2O4S. The number of thiocarbonyl (C=S) groups is 1. The number of nitrogens with one attached hydrogen (secondary N) is 1. The van der Waals surface area contributed by atoms with E-state index in [4.69, 9.17) is 14.9 Å². The summed E-state index contributed by atoms with van der Waals surface area (Å²) in [6.07, 6.45) is 2.26. The van der Waals surface area contributed by atoms with Crippen molar-refractivity contribution in [2.24, 2.45) is 5.92 Å². The third-order valence-electron chi connectivity index (χ3n) is 4.96. The van der Waals surface area contributed by atoms with Gasteiger partial charge in [-0.2, -0.15) is 0 Å². The smallest absolute Gasteiger partial charge is 0.338 e. The fraction of sp³-hybridized carbons (Fsp3) is 0.500. The second kappa shape index (κ2) is 10.5. The third kappa shape index (κ3) is 4.99. The second-order valence-corrected chi connectivity index (χ2v) is 6.36. The summed E-state index contributed by atoms with van der Waals surface area (Å²) < 4.78 is 10.6. The van der Waals surface area contributed by atoms with Crippen LogP contribution in [-0.4, -0.2) is 54.3 Å². The Morgan fingerprint density at radius 2 is 1.88 bits per heavy atom. The Bertz CT molecular complexity index is 652. The van der Waals surface area contributed by atoms with Crippen LogP contribution in [0.15, 0.2) is 30.3 Å². The van der Waals surface area contributed by atoms with Gasteiger partial charge in [0, 0.05) is 35.3 Å². The number of rotatable bonds is 3. The Labute approximate surface area is 168 Å². The van der Waals surface area contributed by atoms with Crippen LogP contribution >= 0.6 is 12.2 Å². The fourth-order valence-electron chi connectivity index (χ4n) is 3.77. The molecule has 3 rings (SSSR count). The summed E-state index contributed by atoms with van der Waals surface area (Å²) in [5, 5.41) is 7.36. The van der Waals surface area contributed by atoms with Gasteiger partial charge in [-0.15, -0.1) is 0 Å². The Morgan fingerprint density at radius 3 is 2.46 bits per heavy atom. The first kappa shape index (κ1) is 22.5. The van der Waals surface area contributed by atoms with Gasteiger partial charge in [0.25, 0.3) is 0 Å². The molecule has 0 saturated carbocycles. The van der Waals surface area contributed by atoms with Gasteiger partial charge in [0.15, 0.2) is 0 Å². The number of esters is 2. The molecule has 26 heavy (non-hydrogen) atoms. The normalized spacial score (nSPS) is 26.4. The van der Waals surface area contributed by atoms with Crippen molar-refractivity contribution in [1.29, 1.82) is 5.41 Å². The molecular weight excluding hydrogens is 399 g/mol. The molecule has 8 heteroatoms. The Morgan fingerprint density at radius 1 is 1.27 bits per heavy atom. The summed E-state index contributed by atoms with van der Waals surface area (Å²) >= 11 is 3.81. The van der Waals surface area contributed by atoms with Crippen LogP contribution in [-0.2, 0) is 31.0 Å². The molecule has 143 valence electrons. The van der Waals surface area contributed by atoms with E-state index >= 15 is 0 Å². The second-order valence-electron chi connectivity index (χ2n) is 6.16. The van der Waals surface area contributed by atoms with Gasteiger partial charge in [0.2, 0.25) is 0 Å². The molecule has 2 saturated heterocycles. The predicted octanol–water partition coefficient (Wildman–Crippen LogP) is 2.53. The van der Waals surface area contributed by atoms with Crippen LogP contribution in [0.25, 0.3) is 0 Å². The van der Waals surface area contributed by atoms with Gasteiger partial charge in [-0.25, -0.2) is 10.2 Å². The maximum atomic E-state index is 12.3. The summed E-state index contributed by atoms with van der Waals surface area (Å²) in [5.74, 6) is -1.06. The monoisotopic (exact) mass is 421 g/mol. The molecule has 6 nitrogen and oxygen atoms in total. The number of isothiocyanates is 1. The van der Waals surface area contributed by atoms with Crippen molar-refractivity contribution in [3.05, 3.63) is 35.9 Å². The minimum atomic E-state index is -0.408. The molecule has 2 unspecified atom stereocenters. The SMILES string of the molecule is COC(=O)C1C(OC(=O)c2ccccc2)C[C@H]2CC[C@H]1N2C.N=C=S.[Co]. The molecule has 0 aliphatic carbocycles. The first-order chi connectivity index (χ1) is 12.0. The van der Waals surface area contributed by atoms with E-state index in [9.17, 15) is 9.59 Å². The number of piperidine rings is 1. The summed E-state index contributed by atoms with van der Waals surface area (Å²) in [6.45, 7) is 0. The number of hydrogen-bond acceptors (Lipinski definition) is 7. The number of ether oxygens (including phenoxy) is 2. The summed E-state index contributed by atoms with van der Waals surface area (Å²) in [5.41, 5.74) is 0.511. The Balaban J connectivity index is 0.000000791. The fourth-order valence-corrected chi connectivity index (χ4v) is 3.77. The molecule has 1 radical (unpaired) electrons. The molecule has 2 fully saturated rings. The van der Waals surface area contributed by atoms with Crippen molar-refractivity contribution in [3.8, 4) is 0 Å². The molecule has 2 aliphatic heterocycles. The maximum Gasteiger partial charge on any atom is 0.338 e. The number of hydrogen-bond donors (Lipinski definition) is 1. The largest absolute Gasteiger partial charge is 0.469 e. The van der Waals surface area contributed by atoms with Crippen molar-refractivity contribution in [3.63, 3.8) is 0 Å². The number of benzene rings is 1. The zero-order valence-corrected chi connectivity index (χ0v) is 16.5. The molecule has 2 bridgehead atoms. The van der Waals surface area contributed by atoms with Crippen molar-refractivity contribution in [2.45, 2.75) is 37.5 Å².